The Morgan fingerprint density at radius 1 is 1.03 bits per heavy atom. The van der Waals surface area contributed by atoms with Crippen LogP contribution >= 0.6 is 0 Å². The summed E-state index contributed by atoms with van der Waals surface area (Å²) in [5.41, 5.74) is 7.11. The SMILES string of the molecule is CC(=O)N[C@H](Cc1cccc(F)c1)C(=O)N[C@H](Cc1ccc(C#N)cc1)C(N)=O. The van der Waals surface area contributed by atoms with Crippen LogP contribution in [0.3, 0.4) is 0 Å². The normalized spacial score (nSPS) is 12.3. The Morgan fingerprint density at radius 3 is 2.24 bits per heavy atom. The van der Waals surface area contributed by atoms with Gasteiger partial charge in [-0.2, -0.15) is 5.26 Å². The van der Waals surface area contributed by atoms with E-state index in [2.05, 4.69) is 10.6 Å². The Labute approximate surface area is 167 Å². The van der Waals surface area contributed by atoms with Gasteiger partial charge in [-0.3, -0.25) is 14.4 Å². The van der Waals surface area contributed by atoms with Gasteiger partial charge in [-0.1, -0.05) is 24.3 Å². The molecule has 8 heteroatoms. The second-order valence-corrected chi connectivity index (χ2v) is 6.56. The summed E-state index contributed by atoms with van der Waals surface area (Å²) in [7, 11) is 0. The first-order valence-electron chi connectivity index (χ1n) is 8.88. The van der Waals surface area contributed by atoms with Gasteiger partial charge in [-0.15, -0.1) is 0 Å². The lowest BCUT2D eigenvalue weighted by Gasteiger charge is -2.22. The second-order valence-electron chi connectivity index (χ2n) is 6.56. The third kappa shape index (κ3) is 6.74. The molecule has 0 aliphatic rings. The average molecular weight is 396 g/mol. The van der Waals surface area contributed by atoms with Gasteiger partial charge < -0.3 is 16.4 Å². The molecule has 0 heterocycles. The molecule has 0 aliphatic carbocycles. The van der Waals surface area contributed by atoms with E-state index in [0.29, 0.717) is 16.7 Å². The lowest BCUT2D eigenvalue weighted by atomic mass is 10.0. The van der Waals surface area contributed by atoms with Crippen molar-refractivity contribution in [2.24, 2.45) is 5.73 Å². The largest absolute Gasteiger partial charge is 0.368 e. The maximum atomic E-state index is 13.4. The Hall–Kier alpha value is -3.73. The molecule has 0 radical (unpaired) electrons. The minimum Gasteiger partial charge on any atom is -0.368 e. The number of amides is 3. The van der Waals surface area contributed by atoms with E-state index in [4.69, 9.17) is 11.0 Å². The third-order valence-electron chi connectivity index (χ3n) is 4.21. The zero-order valence-electron chi connectivity index (χ0n) is 15.8. The van der Waals surface area contributed by atoms with E-state index in [9.17, 15) is 18.8 Å². The number of primary amides is 1. The minimum absolute atomic E-state index is 0.0471. The lowest BCUT2D eigenvalue weighted by molar-refractivity contribution is -0.130. The summed E-state index contributed by atoms with van der Waals surface area (Å²) in [6.07, 6.45) is 0.172. The summed E-state index contributed by atoms with van der Waals surface area (Å²) in [6, 6.07) is 12.2. The van der Waals surface area contributed by atoms with Crippen molar-refractivity contribution in [3.8, 4) is 6.07 Å². The number of halogens is 1. The number of hydrogen-bond acceptors (Lipinski definition) is 4. The predicted molar refractivity (Wildman–Crippen MR) is 104 cm³/mol. The summed E-state index contributed by atoms with van der Waals surface area (Å²) in [6.45, 7) is 1.26. The predicted octanol–water partition coefficient (Wildman–Crippen LogP) is 0.957. The minimum atomic E-state index is -1.01. The quantitative estimate of drug-likeness (QED) is 0.614. The molecular formula is C21H21FN4O3. The van der Waals surface area contributed by atoms with Gasteiger partial charge in [0.05, 0.1) is 11.6 Å². The molecule has 2 rings (SSSR count). The summed E-state index contributed by atoms with van der Waals surface area (Å²) in [5, 5.41) is 13.9. The number of benzene rings is 2. The summed E-state index contributed by atoms with van der Waals surface area (Å²) < 4.78 is 13.4. The molecule has 4 N–H and O–H groups in total. The van der Waals surface area contributed by atoms with Crippen LogP contribution in [0.2, 0.25) is 0 Å². The highest BCUT2D eigenvalue weighted by Crippen LogP contribution is 2.09. The number of nitrogens with zero attached hydrogens (tertiary/aromatic N) is 1. The van der Waals surface area contributed by atoms with Crippen LogP contribution in [0.1, 0.15) is 23.6 Å². The highest BCUT2D eigenvalue weighted by molar-refractivity contribution is 5.91. The van der Waals surface area contributed by atoms with Gasteiger partial charge in [-0.25, -0.2) is 4.39 Å². The maximum Gasteiger partial charge on any atom is 0.243 e. The number of nitrogens with one attached hydrogen (secondary N) is 2. The molecule has 0 fully saturated rings. The fraction of sp³-hybridized carbons (Fsp3) is 0.238. The van der Waals surface area contributed by atoms with E-state index >= 15 is 0 Å². The molecule has 2 aromatic carbocycles. The Balaban J connectivity index is 2.13. The van der Waals surface area contributed by atoms with Crippen LogP contribution < -0.4 is 16.4 Å². The van der Waals surface area contributed by atoms with E-state index < -0.39 is 35.6 Å². The molecule has 0 aromatic heterocycles. The van der Waals surface area contributed by atoms with E-state index in [-0.39, 0.29) is 12.8 Å². The fourth-order valence-electron chi connectivity index (χ4n) is 2.80. The molecule has 0 unspecified atom stereocenters. The van der Waals surface area contributed by atoms with Crippen molar-refractivity contribution < 1.29 is 18.8 Å². The molecule has 2 atom stereocenters. The Kier molecular flexibility index (Phi) is 7.43. The van der Waals surface area contributed by atoms with E-state index in [1.807, 2.05) is 6.07 Å². The molecular weight excluding hydrogens is 375 g/mol. The maximum absolute atomic E-state index is 13.4. The van der Waals surface area contributed by atoms with Crippen LogP contribution in [0.25, 0.3) is 0 Å². The highest BCUT2D eigenvalue weighted by atomic mass is 19.1. The number of carbonyl (C=O) groups is 3. The van der Waals surface area contributed by atoms with Crippen LogP contribution in [-0.4, -0.2) is 29.8 Å². The number of nitrogens with two attached hydrogens (primary N) is 1. The molecule has 150 valence electrons. The lowest BCUT2D eigenvalue weighted by Crippen LogP contribution is -2.54. The van der Waals surface area contributed by atoms with E-state index in [1.54, 1.807) is 30.3 Å². The Morgan fingerprint density at radius 2 is 1.69 bits per heavy atom. The van der Waals surface area contributed by atoms with Crippen LogP contribution in [-0.2, 0) is 27.2 Å². The molecule has 0 aliphatic heterocycles. The first-order valence-corrected chi connectivity index (χ1v) is 8.88. The average Bonchev–Trinajstić information content (AvgIpc) is 2.67. The van der Waals surface area contributed by atoms with Gasteiger partial charge in [-0.05, 0) is 35.4 Å². The number of rotatable bonds is 8. The third-order valence-corrected chi connectivity index (χ3v) is 4.21. The molecule has 0 saturated heterocycles. The second kappa shape index (κ2) is 9.99. The monoisotopic (exact) mass is 396 g/mol. The zero-order chi connectivity index (χ0) is 21.4. The smallest absolute Gasteiger partial charge is 0.243 e. The van der Waals surface area contributed by atoms with Crippen molar-refractivity contribution >= 4 is 17.7 Å². The van der Waals surface area contributed by atoms with Crippen molar-refractivity contribution in [1.29, 1.82) is 5.26 Å². The van der Waals surface area contributed by atoms with Crippen molar-refractivity contribution in [2.45, 2.75) is 31.8 Å². The summed E-state index contributed by atoms with van der Waals surface area (Å²) >= 11 is 0. The van der Waals surface area contributed by atoms with Gasteiger partial charge >= 0.3 is 0 Å². The van der Waals surface area contributed by atoms with Crippen molar-refractivity contribution in [1.82, 2.24) is 10.6 Å². The van der Waals surface area contributed by atoms with Gasteiger partial charge in [0.2, 0.25) is 17.7 Å². The molecule has 0 spiro atoms. The number of hydrogen-bond donors (Lipinski definition) is 3. The van der Waals surface area contributed by atoms with Crippen LogP contribution in [0.4, 0.5) is 4.39 Å². The summed E-state index contributed by atoms with van der Waals surface area (Å²) in [5.74, 6) is -2.25. The Bertz CT molecular complexity index is 938. The van der Waals surface area contributed by atoms with E-state index in [1.165, 1.54) is 25.1 Å². The topological polar surface area (TPSA) is 125 Å². The fourth-order valence-corrected chi connectivity index (χ4v) is 2.80. The molecule has 0 saturated carbocycles. The zero-order valence-corrected chi connectivity index (χ0v) is 15.8. The van der Waals surface area contributed by atoms with Crippen LogP contribution in [0, 0.1) is 17.1 Å². The molecule has 29 heavy (non-hydrogen) atoms. The van der Waals surface area contributed by atoms with Gasteiger partial charge in [0.15, 0.2) is 0 Å². The van der Waals surface area contributed by atoms with Crippen molar-refractivity contribution in [2.75, 3.05) is 0 Å². The van der Waals surface area contributed by atoms with Crippen LogP contribution in [0.15, 0.2) is 48.5 Å². The molecule has 3 amide bonds. The molecule has 2 aromatic rings. The van der Waals surface area contributed by atoms with Crippen molar-refractivity contribution in [3.63, 3.8) is 0 Å². The van der Waals surface area contributed by atoms with Gasteiger partial charge in [0.25, 0.3) is 0 Å². The first-order chi connectivity index (χ1) is 13.8. The molecule has 0 bridgehead atoms. The summed E-state index contributed by atoms with van der Waals surface area (Å²) in [4.78, 5) is 36.0. The van der Waals surface area contributed by atoms with Crippen molar-refractivity contribution in [3.05, 3.63) is 71.0 Å². The van der Waals surface area contributed by atoms with E-state index in [0.717, 1.165) is 0 Å². The number of carbonyl (C=O) groups excluding carboxylic acids is 3. The first kappa shape index (κ1) is 21.6. The van der Waals surface area contributed by atoms with Crippen LogP contribution in [0.5, 0.6) is 0 Å². The number of nitriles is 1. The van der Waals surface area contributed by atoms with Gasteiger partial charge in [0.1, 0.15) is 17.9 Å². The van der Waals surface area contributed by atoms with Gasteiger partial charge in [0, 0.05) is 19.8 Å². The molecule has 7 nitrogen and oxygen atoms in total. The highest BCUT2D eigenvalue weighted by Gasteiger charge is 2.25. The standard InChI is InChI=1S/C21H21FN4O3/c1-13(27)25-19(11-16-3-2-4-17(22)9-16)21(29)26-18(20(24)28)10-14-5-7-15(12-23)8-6-14/h2-9,18-19H,10-11H2,1H3,(H2,24,28)(H,25,27)(H,26,29)/t18-,19-/m1/s1.